The predicted molar refractivity (Wildman–Crippen MR) is 94.0 cm³/mol. The minimum atomic E-state index is -1.22. The maximum absolute atomic E-state index is 12.0. The Labute approximate surface area is 193 Å². The number of hydrogen-bond acceptors (Lipinski definition) is 8. The topological polar surface area (TPSA) is 122 Å². The molecule has 1 aliphatic heterocycles. The van der Waals surface area contributed by atoms with E-state index in [0.29, 0.717) is 21.4 Å². The van der Waals surface area contributed by atoms with Gasteiger partial charge in [-0.25, -0.2) is 9.97 Å². The Bertz CT molecular complexity index is 789. The van der Waals surface area contributed by atoms with Crippen LogP contribution in [0.25, 0.3) is 11.2 Å². The monoisotopic (exact) mass is 471 g/mol. The van der Waals surface area contributed by atoms with Crippen LogP contribution in [0.3, 0.4) is 0 Å². The van der Waals surface area contributed by atoms with Gasteiger partial charge >= 0.3 is 63.3 Å². The van der Waals surface area contributed by atoms with E-state index in [9.17, 15) is 9.59 Å². The first kappa shape index (κ1) is 20.0. The van der Waals surface area contributed by atoms with Crippen LogP contribution < -0.4 is 5.73 Å². The number of fused-ring (bicyclic) bond motifs is 1. The van der Waals surface area contributed by atoms with Crippen LogP contribution in [0.4, 0.5) is 5.95 Å². The molecule has 24 heavy (non-hydrogen) atoms. The summed E-state index contributed by atoms with van der Waals surface area (Å²) in [4.78, 5) is 36.3. The van der Waals surface area contributed by atoms with Crippen LogP contribution in [-0.2, 0) is 25.6 Å². The third kappa shape index (κ3) is 4.07. The van der Waals surface area contributed by atoms with E-state index in [-0.39, 0.29) is 63.8 Å². The summed E-state index contributed by atoms with van der Waals surface area (Å²) < 4.78 is 12.6. The van der Waals surface area contributed by atoms with Crippen LogP contribution in [0, 0.1) is 9.62 Å². The quantitative estimate of drug-likeness (QED) is 0.222. The Kier molecular flexibility index (Phi) is 6.24. The molecule has 0 bridgehead atoms. The number of nitrogen functional groups attached to an aromatic ring is 1. The first-order chi connectivity index (χ1) is 10.8. The van der Waals surface area contributed by atoms with Crippen LogP contribution in [0.2, 0.25) is 0 Å². The number of nitrogens with zero attached hydrogens (tertiary/aromatic N) is 4. The normalized spacial score (nSPS) is 17.3. The number of carbonyl (C=O) groups excluding carboxylic acids is 2. The second kappa shape index (κ2) is 7.49. The molecule has 0 unspecified atom stereocenters. The van der Waals surface area contributed by atoms with Gasteiger partial charge < -0.3 is 19.8 Å². The van der Waals surface area contributed by atoms with Gasteiger partial charge in [0.05, 0.1) is 6.33 Å². The molecule has 0 spiro atoms. The molecule has 3 rings (SSSR count). The summed E-state index contributed by atoms with van der Waals surface area (Å²) in [5.74, 6) is -3.20. The van der Waals surface area contributed by atoms with Crippen molar-refractivity contribution in [1.82, 2.24) is 19.5 Å². The Morgan fingerprint density at radius 2 is 1.92 bits per heavy atom. The number of hydrogen-bond donors (Lipinski definition) is 1. The van der Waals surface area contributed by atoms with Crippen molar-refractivity contribution in [3.63, 3.8) is 0 Å². The fourth-order valence-corrected chi connectivity index (χ4v) is 2.96. The third-order valence-electron chi connectivity index (χ3n) is 3.36. The fourth-order valence-electron chi connectivity index (χ4n) is 2.34. The number of ether oxygens (including phenoxy) is 2. The molecule has 0 atom stereocenters. The molecule has 0 amide bonds. The zero-order chi connectivity index (χ0) is 16.8. The van der Waals surface area contributed by atoms with E-state index in [1.54, 1.807) is 10.9 Å². The zero-order valence-electron chi connectivity index (χ0n) is 12.4. The van der Waals surface area contributed by atoms with Gasteiger partial charge in [-0.15, -0.1) is 0 Å². The molecule has 2 N–H and O–H groups in total. The first-order valence-electron chi connectivity index (χ1n) is 6.86. The van der Waals surface area contributed by atoms with Gasteiger partial charge in [-0.2, -0.15) is 4.98 Å². The summed E-state index contributed by atoms with van der Waals surface area (Å²) in [6.07, 6.45) is 1.80. The average Bonchev–Trinajstić information content (AvgIpc) is 2.79. The molecule has 0 aromatic carbocycles. The van der Waals surface area contributed by atoms with Gasteiger partial charge in [-0.05, 0) is 29.0 Å². The summed E-state index contributed by atoms with van der Waals surface area (Å²) in [5, 5.41) is 0. The number of aryl methyl sites for hydroxylation is 1. The van der Waals surface area contributed by atoms with E-state index in [0.717, 1.165) is 0 Å². The molecular weight excluding hydrogens is 456 g/mol. The SMILES string of the molecule is CC1(C)OC(=O)C(CCn2cnc3c(I)nc(N)nc32)C(=O)O1.[KH]. The second-order valence-electron chi connectivity index (χ2n) is 5.57. The van der Waals surface area contributed by atoms with E-state index in [1.165, 1.54) is 13.8 Å². The standard InChI is InChI=1S/C13H14IN5O4.K.H/c1-13(2)22-10(20)6(11(21)23-13)3-4-19-5-16-7-8(14)17-12(15)18-9(7)19;;/h5-6H,3-4H2,1-2H3,(H2,15,17,18);;. The molecule has 11 heteroatoms. The number of imidazole rings is 1. The van der Waals surface area contributed by atoms with Gasteiger partial charge in [0.2, 0.25) is 5.95 Å². The molecule has 2 aromatic rings. The Morgan fingerprint density at radius 3 is 2.54 bits per heavy atom. The van der Waals surface area contributed by atoms with Crippen molar-refractivity contribution < 1.29 is 19.1 Å². The van der Waals surface area contributed by atoms with Crippen molar-refractivity contribution in [3.05, 3.63) is 10.0 Å². The summed E-state index contributed by atoms with van der Waals surface area (Å²) in [6, 6.07) is 0. The predicted octanol–water partition coefficient (Wildman–Crippen LogP) is 0.207. The number of anilines is 1. The summed E-state index contributed by atoms with van der Waals surface area (Å²) in [5.41, 5.74) is 6.82. The Hall–Kier alpha value is -0.344. The Balaban J connectivity index is 0.00000208. The molecule has 3 heterocycles. The van der Waals surface area contributed by atoms with Crippen molar-refractivity contribution in [3.8, 4) is 0 Å². The van der Waals surface area contributed by atoms with Crippen molar-refractivity contribution in [2.45, 2.75) is 32.6 Å². The number of rotatable bonds is 3. The fraction of sp³-hybridized carbons (Fsp3) is 0.462. The summed E-state index contributed by atoms with van der Waals surface area (Å²) in [6.45, 7) is 3.38. The number of nitrogens with two attached hydrogens (primary N) is 1. The molecule has 1 fully saturated rings. The molecule has 124 valence electrons. The van der Waals surface area contributed by atoms with Gasteiger partial charge in [0, 0.05) is 20.4 Å². The molecule has 0 saturated carbocycles. The van der Waals surface area contributed by atoms with Crippen molar-refractivity contribution in [1.29, 1.82) is 0 Å². The molecule has 0 aliphatic carbocycles. The van der Waals surface area contributed by atoms with E-state index >= 15 is 0 Å². The van der Waals surface area contributed by atoms with Crippen LogP contribution in [-0.4, -0.2) is 88.6 Å². The van der Waals surface area contributed by atoms with Crippen molar-refractivity contribution in [2.75, 3.05) is 5.73 Å². The molecule has 0 radical (unpaired) electrons. The van der Waals surface area contributed by atoms with Crippen LogP contribution in [0.15, 0.2) is 6.33 Å². The van der Waals surface area contributed by atoms with Crippen molar-refractivity contribution in [2.24, 2.45) is 5.92 Å². The van der Waals surface area contributed by atoms with Gasteiger partial charge in [0.1, 0.15) is 9.22 Å². The average molecular weight is 471 g/mol. The first-order valence-corrected chi connectivity index (χ1v) is 7.94. The Morgan fingerprint density at radius 1 is 1.29 bits per heavy atom. The summed E-state index contributed by atoms with van der Waals surface area (Å²) >= 11 is 2.02. The number of halogens is 1. The van der Waals surface area contributed by atoms with Crippen molar-refractivity contribution >= 4 is 103 Å². The van der Waals surface area contributed by atoms with E-state index in [1.807, 2.05) is 22.6 Å². The van der Waals surface area contributed by atoms with Gasteiger partial charge in [-0.3, -0.25) is 9.59 Å². The van der Waals surface area contributed by atoms with E-state index in [2.05, 4.69) is 15.0 Å². The molecule has 1 saturated heterocycles. The van der Waals surface area contributed by atoms with Crippen LogP contribution in [0.5, 0.6) is 0 Å². The van der Waals surface area contributed by atoms with Crippen LogP contribution in [0.1, 0.15) is 20.3 Å². The molecular formula is C13H15IKN5O4. The van der Waals surface area contributed by atoms with E-state index in [4.69, 9.17) is 15.2 Å². The second-order valence-corrected chi connectivity index (χ2v) is 6.59. The number of esters is 2. The zero-order valence-corrected chi connectivity index (χ0v) is 14.6. The van der Waals surface area contributed by atoms with Gasteiger partial charge in [0.25, 0.3) is 5.79 Å². The number of carbonyl (C=O) groups is 2. The molecule has 9 nitrogen and oxygen atoms in total. The van der Waals surface area contributed by atoms with Gasteiger partial charge in [0.15, 0.2) is 11.6 Å². The molecule has 2 aromatic heterocycles. The number of aromatic nitrogens is 4. The van der Waals surface area contributed by atoms with Crippen LogP contribution >= 0.6 is 22.6 Å². The van der Waals surface area contributed by atoms with E-state index < -0.39 is 23.6 Å². The number of cyclic esters (lactones) is 2. The maximum atomic E-state index is 12.0. The minimum absolute atomic E-state index is 0. The molecule has 1 aliphatic rings. The van der Waals surface area contributed by atoms with Gasteiger partial charge in [-0.1, -0.05) is 0 Å². The summed E-state index contributed by atoms with van der Waals surface area (Å²) in [7, 11) is 0. The third-order valence-corrected chi connectivity index (χ3v) is 4.11.